The minimum atomic E-state index is -0.949. The van der Waals surface area contributed by atoms with Gasteiger partial charge in [0.2, 0.25) is 0 Å². The maximum atomic E-state index is 11.6. The lowest BCUT2D eigenvalue weighted by Gasteiger charge is -2.23. The zero-order valence-corrected chi connectivity index (χ0v) is 17.8. The summed E-state index contributed by atoms with van der Waals surface area (Å²) in [6.45, 7) is -0.208. The predicted octanol–water partition coefficient (Wildman–Crippen LogP) is 6.20. The second kappa shape index (κ2) is 8.92. The van der Waals surface area contributed by atoms with Crippen LogP contribution in [0, 0.1) is 0 Å². The molecule has 0 bridgehead atoms. The first kappa shape index (κ1) is 20.5. The molecule has 0 unspecified atom stereocenters. The number of anilines is 1. The molecule has 4 rings (SSSR count). The van der Waals surface area contributed by atoms with Crippen molar-refractivity contribution in [1.82, 2.24) is 9.97 Å². The molecule has 0 atom stereocenters. The Bertz CT molecular complexity index is 1200. The van der Waals surface area contributed by atoms with Crippen LogP contribution in [0.2, 0.25) is 10.0 Å². The van der Waals surface area contributed by atoms with Gasteiger partial charge < -0.3 is 9.41 Å². The molecule has 4 aromatic rings. The second-order valence-corrected chi connectivity index (χ2v) is 8.34. The monoisotopic (exact) mass is 455 g/mol. The summed E-state index contributed by atoms with van der Waals surface area (Å²) >= 11 is 13.5. The number of benzene rings is 3. The molecule has 1 N–H and O–H groups in total. The van der Waals surface area contributed by atoms with Crippen molar-refractivity contribution in [1.29, 1.82) is 0 Å². The summed E-state index contributed by atoms with van der Waals surface area (Å²) in [5.74, 6) is -0.338. The van der Waals surface area contributed by atoms with E-state index >= 15 is 0 Å². The third-order valence-corrected chi connectivity index (χ3v) is 5.73. The lowest BCUT2D eigenvalue weighted by Crippen LogP contribution is -2.23. The zero-order chi connectivity index (χ0) is 21.1. The van der Waals surface area contributed by atoms with Gasteiger partial charge in [0, 0.05) is 38.3 Å². The Hall–Kier alpha value is -2.80. The number of halogens is 2. The van der Waals surface area contributed by atoms with E-state index in [4.69, 9.17) is 23.2 Å². The van der Waals surface area contributed by atoms with Crippen molar-refractivity contribution in [2.24, 2.45) is 0 Å². The quantitative estimate of drug-likeness (QED) is 0.349. The molecular formula is C22H15Cl2N3O2S. The third kappa shape index (κ3) is 4.51. The third-order valence-electron chi connectivity index (χ3n) is 4.30. The van der Waals surface area contributed by atoms with Crippen LogP contribution < -0.4 is 4.31 Å². The van der Waals surface area contributed by atoms with Crippen molar-refractivity contribution in [3.63, 3.8) is 0 Å². The number of fused-ring (bicyclic) bond motifs is 1. The van der Waals surface area contributed by atoms with Crippen LogP contribution in [0.4, 0.5) is 5.69 Å². The Morgan fingerprint density at radius 2 is 1.60 bits per heavy atom. The topological polar surface area (TPSA) is 66.3 Å². The molecule has 3 aromatic carbocycles. The number of hydrogen-bond acceptors (Lipinski definition) is 5. The summed E-state index contributed by atoms with van der Waals surface area (Å²) in [7, 11) is 0. The Kier molecular flexibility index (Phi) is 6.08. The normalized spacial score (nSPS) is 10.9. The number of nitrogens with zero attached hydrogens (tertiary/aromatic N) is 3. The van der Waals surface area contributed by atoms with Crippen molar-refractivity contribution in [3.8, 4) is 11.4 Å². The van der Waals surface area contributed by atoms with Crippen LogP contribution in [0.25, 0.3) is 22.2 Å². The molecule has 0 aliphatic carbocycles. The van der Waals surface area contributed by atoms with Gasteiger partial charge in [-0.1, -0.05) is 53.5 Å². The van der Waals surface area contributed by atoms with Gasteiger partial charge in [0.1, 0.15) is 6.54 Å². The lowest BCUT2D eigenvalue weighted by molar-refractivity contribution is -0.135. The fourth-order valence-electron chi connectivity index (χ4n) is 3.14. The van der Waals surface area contributed by atoms with Gasteiger partial charge in [0.15, 0.2) is 5.82 Å². The summed E-state index contributed by atoms with van der Waals surface area (Å²) < 4.78 is 1.71. The van der Waals surface area contributed by atoms with E-state index in [2.05, 4.69) is 9.97 Å². The van der Waals surface area contributed by atoms with Crippen molar-refractivity contribution < 1.29 is 9.90 Å². The van der Waals surface area contributed by atoms with Crippen LogP contribution in [0.15, 0.2) is 78.0 Å². The minimum Gasteiger partial charge on any atom is -0.480 e. The number of carboxylic acid groups (broad SMARTS) is 1. The van der Waals surface area contributed by atoms with Crippen LogP contribution >= 0.6 is 35.1 Å². The molecule has 150 valence electrons. The zero-order valence-electron chi connectivity index (χ0n) is 15.5. The molecule has 0 fully saturated rings. The highest BCUT2D eigenvalue weighted by Gasteiger charge is 2.17. The molecule has 1 aromatic heterocycles. The van der Waals surface area contributed by atoms with Gasteiger partial charge in [-0.25, -0.2) is 9.97 Å². The Morgan fingerprint density at radius 3 is 2.30 bits per heavy atom. The lowest BCUT2D eigenvalue weighted by atomic mass is 10.0. The van der Waals surface area contributed by atoms with Crippen LogP contribution in [0.5, 0.6) is 0 Å². The highest BCUT2D eigenvalue weighted by molar-refractivity contribution is 8.00. The number of carboxylic acids is 1. The van der Waals surface area contributed by atoms with E-state index in [1.165, 1.54) is 11.9 Å². The Morgan fingerprint density at radius 1 is 0.933 bits per heavy atom. The number of aliphatic carboxylic acids is 1. The Labute approximate surface area is 187 Å². The maximum Gasteiger partial charge on any atom is 0.324 e. The molecule has 0 amide bonds. The molecule has 8 heteroatoms. The van der Waals surface area contributed by atoms with E-state index in [1.807, 2.05) is 36.4 Å². The van der Waals surface area contributed by atoms with E-state index in [0.717, 1.165) is 26.9 Å². The van der Waals surface area contributed by atoms with Crippen molar-refractivity contribution in [2.45, 2.75) is 4.90 Å². The van der Waals surface area contributed by atoms with Gasteiger partial charge in [-0.3, -0.25) is 4.79 Å². The smallest absolute Gasteiger partial charge is 0.324 e. The number of rotatable bonds is 6. The second-order valence-electron chi connectivity index (χ2n) is 6.38. The summed E-state index contributed by atoms with van der Waals surface area (Å²) in [5, 5.41) is 12.3. The highest BCUT2D eigenvalue weighted by Crippen LogP contribution is 2.38. The van der Waals surface area contributed by atoms with Gasteiger partial charge in [-0.15, -0.1) is 0 Å². The summed E-state index contributed by atoms with van der Waals surface area (Å²) in [6, 6.07) is 18.5. The largest absolute Gasteiger partial charge is 0.480 e. The van der Waals surface area contributed by atoms with Crippen LogP contribution in [0.1, 0.15) is 0 Å². The van der Waals surface area contributed by atoms with Gasteiger partial charge in [0.25, 0.3) is 0 Å². The molecule has 0 spiro atoms. The minimum absolute atomic E-state index is 0.208. The summed E-state index contributed by atoms with van der Waals surface area (Å²) in [4.78, 5) is 21.1. The fourth-order valence-corrected chi connectivity index (χ4v) is 4.84. The number of hydrogen-bond donors (Lipinski definition) is 1. The molecular weight excluding hydrogens is 441 g/mol. The molecule has 0 aliphatic heterocycles. The van der Waals surface area contributed by atoms with Crippen molar-refractivity contribution in [2.75, 3.05) is 10.8 Å². The van der Waals surface area contributed by atoms with Gasteiger partial charge in [-0.05, 0) is 47.7 Å². The fraction of sp³-hybridized carbons (Fsp3) is 0.0455. The average molecular weight is 456 g/mol. The first-order chi connectivity index (χ1) is 14.5. The molecule has 0 saturated carbocycles. The molecule has 5 nitrogen and oxygen atoms in total. The van der Waals surface area contributed by atoms with Gasteiger partial charge in [-0.2, -0.15) is 0 Å². The summed E-state index contributed by atoms with van der Waals surface area (Å²) in [6.07, 6.45) is 3.39. The average Bonchev–Trinajstić information content (AvgIpc) is 2.72. The van der Waals surface area contributed by atoms with E-state index in [9.17, 15) is 9.90 Å². The van der Waals surface area contributed by atoms with Gasteiger partial charge in [0.05, 0.1) is 5.69 Å². The summed E-state index contributed by atoms with van der Waals surface area (Å²) in [5.41, 5.74) is 1.63. The number of aromatic nitrogens is 2. The highest BCUT2D eigenvalue weighted by atomic mass is 35.5. The maximum absolute atomic E-state index is 11.6. The number of carbonyl (C=O) groups is 1. The van der Waals surface area contributed by atoms with E-state index < -0.39 is 5.97 Å². The molecule has 0 saturated heterocycles. The first-order valence-corrected chi connectivity index (χ1v) is 10.5. The SMILES string of the molecule is O=C(O)CN(Sc1cc(Cl)cc(Cl)c1)c1cccc2c(-c3ncccn3)cccc12. The first-order valence-electron chi connectivity index (χ1n) is 8.94. The van der Waals surface area contributed by atoms with Gasteiger partial charge >= 0.3 is 5.97 Å². The van der Waals surface area contributed by atoms with Crippen LogP contribution in [0.3, 0.4) is 0 Å². The molecule has 30 heavy (non-hydrogen) atoms. The van der Waals surface area contributed by atoms with E-state index in [1.54, 1.807) is 41.0 Å². The standard InChI is InChI=1S/C22H15Cl2N3O2S/c23-14-10-15(24)12-16(11-14)30-27(13-21(28)29)20-7-2-4-17-18(20)5-1-6-19(17)22-25-8-3-9-26-22/h1-12H,13H2,(H,28,29). The molecule has 1 heterocycles. The van der Waals surface area contributed by atoms with E-state index in [-0.39, 0.29) is 6.54 Å². The predicted molar refractivity (Wildman–Crippen MR) is 122 cm³/mol. The van der Waals surface area contributed by atoms with Crippen LogP contribution in [-0.2, 0) is 4.79 Å². The molecule has 0 radical (unpaired) electrons. The van der Waals surface area contributed by atoms with Crippen molar-refractivity contribution in [3.05, 3.63) is 83.1 Å². The Balaban J connectivity index is 1.82. The van der Waals surface area contributed by atoms with E-state index in [0.29, 0.717) is 15.9 Å². The van der Waals surface area contributed by atoms with Crippen LogP contribution in [-0.4, -0.2) is 27.6 Å². The molecule has 0 aliphatic rings. The van der Waals surface area contributed by atoms with Crippen molar-refractivity contribution >= 4 is 57.6 Å².